The highest BCUT2D eigenvalue weighted by molar-refractivity contribution is 9.10. The Balaban J connectivity index is 1.57. The minimum Gasteiger partial charge on any atom is -0.351 e. The van der Waals surface area contributed by atoms with Crippen molar-refractivity contribution < 1.29 is 4.79 Å². The third kappa shape index (κ3) is 3.05. The Labute approximate surface area is 127 Å². The molecule has 0 radical (unpaired) electrons. The Kier molecular flexibility index (Phi) is 4.27. The van der Waals surface area contributed by atoms with Crippen LogP contribution in [0.15, 0.2) is 15.9 Å². The van der Waals surface area contributed by atoms with Crippen molar-refractivity contribution in [1.29, 1.82) is 0 Å². The summed E-state index contributed by atoms with van der Waals surface area (Å²) in [6, 6.07) is 2.09. The zero-order chi connectivity index (χ0) is 13.2. The Morgan fingerprint density at radius 2 is 1.95 bits per heavy atom. The fraction of sp³-hybridized carbons (Fsp3) is 0.667. The number of nitrogens with one attached hydrogen (secondary N) is 1. The lowest BCUT2D eigenvalue weighted by Gasteiger charge is -2.41. The molecule has 4 heteroatoms. The van der Waals surface area contributed by atoms with Gasteiger partial charge in [0.25, 0.3) is 0 Å². The van der Waals surface area contributed by atoms with E-state index in [0.717, 1.165) is 4.47 Å². The van der Waals surface area contributed by atoms with Crippen LogP contribution in [0.25, 0.3) is 0 Å². The summed E-state index contributed by atoms with van der Waals surface area (Å²) in [5, 5.41) is 5.23. The van der Waals surface area contributed by atoms with Crippen molar-refractivity contribution in [3.8, 4) is 0 Å². The van der Waals surface area contributed by atoms with Crippen molar-refractivity contribution in [1.82, 2.24) is 5.32 Å². The first-order chi connectivity index (χ1) is 9.24. The summed E-state index contributed by atoms with van der Waals surface area (Å²) in [4.78, 5) is 13.7. The standard InChI is InChI=1S/C15H20BrNOS/c16-12-7-13(19-9-12)8-17-15(18)14(10-3-1-4-10)11-5-2-6-11/h7,9-11,14H,1-6,8H2,(H,17,18). The first kappa shape index (κ1) is 13.6. The molecule has 1 amide bonds. The van der Waals surface area contributed by atoms with Gasteiger partial charge in [-0.05, 0) is 59.5 Å². The molecule has 0 spiro atoms. The maximum atomic E-state index is 12.5. The maximum Gasteiger partial charge on any atom is 0.223 e. The second-order valence-electron chi connectivity index (χ2n) is 5.86. The average molecular weight is 342 g/mol. The van der Waals surface area contributed by atoms with Gasteiger partial charge in [0.2, 0.25) is 5.91 Å². The normalized spacial score (nSPS) is 20.1. The largest absolute Gasteiger partial charge is 0.351 e. The molecule has 1 aromatic rings. The van der Waals surface area contributed by atoms with E-state index < -0.39 is 0 Å². The van der Waals surface area contributed by atoms with Crippen LogP contribution in [0, 0.1) is 17.8 Å². The molecule has 1 N–H and O–H groups in total. The van der Waals surface area contributed by atoms with Crippen molar-refractivity contribution in [2.45, 2.75) is 45.1 Å². The molecule has 0 aliphatic heterocycles. The van der Waals surface area contributed by atoms with E-state index in [1.807, 2.05) is 0 Å². The van der Waals surface area contributed by atoms with Gasteiger partial charge in [0.15, 0.2) is 0 Å². The molecule has 1 aromatic heterocycles. The molecule has 3 rings (SSSR count). The Bertz CT molecular complexity index is 437. The molecule has 104 valence electrons. The van der Waals surface area contributed by atoms with Gasteiger partial charge in [0, 0.05) is 20.6 Å². The number of amides is 1. The third-order valence-electron chi connectivity index (χ3n) is 4.68. The fourth-order valence-corrected chi connectivity index (χ4v) is 4.54. The van der Waals surface area contributed by atoms with Crippen LogP contribution in [0.5, 0.6) is 0 Å². The average Bonchev–Trinajstić information content (AvgIpc) is 2.66. The predicted octanol–water partition coefficient (Wildman–Crippen LogP) is 4.34. The van der Waals surface area contributed by atoms with E-state index in [0.29, 0.717) is 30.2 Å². The summed E-state index contributed by atoms with van der Waals surface area (Å²) in [5.41, 5.74) is 0. The van der Waals surface area contributed by atoms with E-state index in [-0.39, 0.29) is 0 Å². The molecule has 0 atom stereocenters. The number of carbonyl (C=O) groups is 1. The van der Waals surface area contributed by atoms with Crippen LogP contribution in [0.2, 0.25) is 0 Å². The van der Waals surface area contributed by atoms with Crippen molar-refractivity contribution >= 4 is 33.2 Å². The molecular weight excluding hydrogens is 322 g/mol. The number of carbonyl (C=O) groups excluding carboxylic acids is 1. The summed E-state index contributed by atoms with van der Waals surface area (Å²) in [6.45, 7) is 0.686. The molecule has 2 aliphatic carbocycles. The number of halogens is 1. The van der Waals surface area contributed by atoms with Gasteiger partial charge in [-0.3, -0.25) is 4.79 Å². The van der Waals surface area contributed by atoms with Gasteiger partial charge in [-0.25, -0.2) is 0 Å². The zero-order valence-corrected chi connectivity index (χ0v) is 13.4. The Morgan fingerprint density at radius 3 is 2.37 bits per heavy atom. The summed E-state index contributed by atoms with van der Waals surface area (Å²) in [7, 11) is 0. The minimum atomic E-state index is 0.297. The van der Waals surface area contributed by atoms with Gasteiger partial charge in [-0.1, -0.05) is 12.8 Å². The highest BCUT2D eigenvalue weighted by Crippen LogP contribution is 2.44. The molecule has 19 heavy (non-hydrogen) atoms. The second kappa shape index (κ2) is 5.96. The van der Waals surface area contributed by atoms with Crippen LogP contribution >= 0.6 is 27.3 Å². The van der Waals surface area contributed by atoms with Gasteiger partial charge in [-0.2, -0.15) is 0 Å². The van der Waals surface area contributed by atoms with Gasteiger partial charge < -0.3 is 5.32 Å². The predicted molar refractivity (Wildman–Crippen MR) is 82.0 cm³/mol. The highest BCUT2D eigenvalue weighted by atomic mass is 79.9. The molecule has 2 nitrogen and oxygen atoms in total. The molecule has 0 bridgehead atoms. The van der Waals surface area contributed by atoms with E-state index in [4.69, 9.17) is 0 Å². The lowest BCUT2D eigenvalue weighted by molar-refractivity contribution is -0.131. The van der Waals surface area contributed by atoms with Crippen molar-refractivity contribution in [3.05, 3.63) is 20.8 Å². The Morgan fingerprint density at radius 1 is 1.32 bits per heavy atom. The van der Waals surface area contributed by atoms with Crippen LogP contribution in [0.3, 0.4) is 0 Å². The third-order valence-corrected chi connectivity index (χ3v) is 6.37. The molecule has 1 heterocycles. The van der Waals surface area contributed by atoms with Crippen LogP contribution in [-0.2, 0) is 11.3 Å². The maximum absolute atomic E-state index is 12.5. The molecule has 2 aliphatic rings. The van der Waals surface area contributed by atoms with Crippen molar-refractivity contribution in [3.63, 3.8) is 0 Å². The van der Waals surface area contributed by atoms with Gasteiger partial charge >= 0.3 is 0 Å². The van der Waals surface area contributed by atoms with Crippen LogP contribution in [-0.4, -0.2) is 5.91 Å². The number of thiophene rings is 1. The molecule has 2 fully saturated rings. The quantitative estimate of drug-likeness (QED) is 0.847. The van der Waals surface area contributed by atoms with Crippen molar-refractivity contribution in [2.75, 3.05) is 0 Å². The number of hydrogen-bond acceptors (Lipinski definition) is 2. The first-order valence-corrected chi connectivity index (χ1v) is 8.92. The van der Waals surface area contributed by atoms with E-state index in [9.17, 15) is 4.79 Å². The topological polar surface area (TPSA) is 29.1 Å². The molecule has 0 aromatic carbocycles. The molecular formula is C15H20BrNOS. The van der Waals surface area contributed by atoms with Gasteiger partial charge in [0.05, 0.1) is 6.54 Å². The summed E-state index contributed by atoms with van der Waals surface area (Å²) < 4.78 is 1.11. The molecule has 2 saturated carbocycles. The van der Waals surface area contributed by atoms with Crippen molar-refractivity contribution in [2.24, 2.45) is 17.8 Å². The first-order valence-electron chi connectivity index (χ1n) is 7.24. The highest BCUT2D eigenvalue weighted by Gasteiger charge is 2.40. The van der Waals surface area contributed by atoms with Crippen LogP contribution in [0.1, 0.15) is 43.4 Å². The lowest BCUT2D eigenvalue weighted by atomic mass is 9.64. The summed E-state index contributed by atoms with van der Waals surface area (Å²) >= 11 is 5.15. The fourth-order valence-electron chi connectivity index (χ4n) is 3.15. The van der Waals surface area contributed by atoms with Gasteiger partial charge in [-0.15, -0.1) is 11.3 Å². The number of hydrogen-bond donors (Lipinski definition) is 1. The monoisotopic (exact) mass is 341 g/mol. The SMILES string of the molecule is O=C(NCc1cc(Br)cs1)C(C1CCC1)C1CCC1. The molecule has 0 unspecified atom stereocenters. The lowest BCUT2D eigenvalue weighted by Crippen LogP contribution is -2.43. The summed E-state index contributed by atoms with van der Waals surface area (Å²) in [5.74, 6) is 1.94. The second-order valence-corrected chi connectivity index (χ2v) is 7.77. The minimum absolute atomic E-state index is 0.297. The summed E-state index contributed by atoms with van der Waals surface area (Å²) in [6.07, 6.45) is 7.69. The molecule has 0 saturated heterocycles. The van der Waals surface area contributed by atoms with Crippen LogP contribution < -0.4 is 5.32 Å². The smallest absolute Gasteiger partial charge is 0.223 e. The Hall–Kier alpha value is -0.350. The van der Waals surface area contributed by atoms with Crippen LogP contribution in [0.4, 0.5) is 0 Å². The van der Waals surface area contributed by atoms with Gasteiger partial charge in [0.1, 0.15) is 0 Å². The van der Waals surface area contributed by atoms with E-state index >= 15 is 0 Å². The van der Waals surface area contributed by atoms with E-state index in [1.165, 1.54) is 43.4 Å². The van der Waals surface area contributed by atoms with E-state index in [2.05, 4.69) is 32.7 Å². The zero-order valence-electron chi connectivity index (χ0n) is 11.0. The number of rotatable bonds is 5. The van der Waals surface area contributed by atoms with E-state index in [1.54, 1.807) is 11.3 Å².